The Kier molecular flexibility index (Phi) is 3.65. The second-order valence-electron chi connectivity index (χ2n) is 7.48. The number of halogens is 1. The zero-order chi connectivity index (χ0) is 16.8. The number of hydrogen-bond donors (Lipinski definition) is 1. The first-order chi connectivity index (χ1) is 10.7. The molecular formula is C17H24FN3O2. The number of amides is 1. The average molecular weight is 321 g/mol. The number of nitrogens with two attached hydrogens (primary N) is 1. The van der Waals surface area contributed by atoms with Gasteiger partial charge in [0, 0.05) is 25.3 Å². The molecule has 6 heteroatoms. The average Bonchev–Trinajstić information content (AvgIpc) is 3.19. The molecule has 2 N–H and O–H groups in total. The van der Waals surface area contributed by atoms with E-state index in [-0.39, 0.29) is 17.3 Å². The Bertz CT molecular complexity index is 623. The molecule has 1 saturated carbocycles. The molecule has 1 aromatic rings. The third-order valence-corrected chi connectivity index (χ3v) is 4.44. The minimum Gasteiger partial charge on any atom is -0.444 e. The van der Waals surface area contributed by atoms with Crippen LogP contribution in [0, 0.1) is 5.82 Å². The van der Waals surface area contributed by atoms with Crippen molar-refractivity contribution in [2.45, 2.75) is 44.8 Å². The van der Waals surface area contributed by atoms with Gasteiger partial charge in [0.15, 0.2) is 0 Å². The van der Waals surface area contributed by atoms with Crippen molar-refractivity contribution < 1.29 is 13.9 Å². The van der Waals surface area contributed by atoms with Crippen molar-refractivity contribution in [2.75, 3.05) is 30.3 Å². The van der Waals surface area contributed by atoms with Crippen LogP contribution >= 0.6 is 0 Å². The van der Waals surface area contributed by atoms with Crippen molar-refractivity contribution in [3.05, 3.63) is 24.0 Å². The van der Waals surface area contributed by atoms with E-state index in [0.29, 0.717) is 19.6 Å². The Morgan fingerprint density at radius 2 is 2.00 bits per heavy atom. The number of ether oxygens (including phenoxy) is 1. The van der Waals surface area contributed by atoms with E-state index in [4.69, 9.17) is 10.5 Å². The molecule has 0 bridgehead atoms. The number of rotatable bonds is 1. The molecule has 1 heterocycles. The highest BCUT2D eigenvalue weighted by atomic mass is 19.1. The summed E-state index contributed by atoms with van der Waals surface area (Å²) in [4.78, 5) is 16.4. The summed E-state index contributed by atoms with van der Waals surface area (Å²) in [7, 11) is 0. The fourth-order valence-electron chi connectivity index (χ4n) is 3.08. The highest BCUT2D eigenvalue weighted by Gasteiger charge is 2.54. The molecule has 1 aliphatic heterocycles. The lowest BCUT2D eigenvalue weighted by atomic mass is 10.1. The molecule has 1 saturated heterocycles. The number of benzene rings is 1. The number of nitrogens with zero attached hydrogens (tertiary/aromatic N) is 2. The Labute approximate surface area is 136 Å². The molecule has 5 nitrogen and oxygen atoms in total. The van der Waals surface area contributed by atoms with Crippen LogP contribution in [-0.4, -0.2) is 41.8 Å². The lowest BCUT2D eigenvalue weighted by molar-refractivity contribution is 0.0106. The van der Waals surface area contributed by atoms with Crippen LogP contribution in [0.15, 0.2) is 18.2 Å². The standard InChI is InChI=1S/C17H24FN3O2/c1-16(2,3)23-15(22)21-9-8-20(11-17(21)6-7-17)12-4-5-14(19)13(18)10-12/h4-5,10H,6-9,11,19H2,1-3H3. The van der Waals surface area contributed by atoms with E-state index in [0.717, 1.165) is 18.5 Å². The molecule has 3 rings (SSSR count). The van der Waals surface area contributed by atoms with Gasteiger partial charge in [-0.2, -0.15) is 0 Å². The van der Waals surface area contributed by atoms with Crippen LogP contribution in [0.25, 0.3) is 0 Å². The first-order valence-electron chi connectivity index (χ1n) is 8.01. The van der Waals surface area contributed by atoms with Crippen LogP contribution in [0.3, 0.4) is 0 Å². The quantitative estimate of drug-likeness (QED) is 0.808. The summed E-state index contributed by atoms with van der Waals surface area (Å²) >= 11 is 0. The third-order valence-electron chi connectivity index (χ3n) is 4.44. The second-order valence-corrected chi connectivity index (χ2v) is 7.48. The number of carbonyl (C=O) groups is 1. The monoisotopic (exact) mass is 321 g/mol. The number of anilines is 2. The number of piperazine rings is 1. The van der Waals surface area contributed by atoms with Gasteiger partial charge >= 0.3 is 6.09 Å². The smallest absolute Gasteiger partial charge is 0.410 e. The first kappa shape index (κ1) is 15.9. The minimum absolute atomic E-state index is 0.155. The van der Waals surface area contributed by atoms with Gasteiger partial charge < -0.3 is 15.4 Å². The zero-order valence-corrected chi connectivity index (χ0v) is 13.9. The van der Waals surface area contributed by atoms with E-state index in [2.05, 4.69) is 4.90 Å². The van der Waals surface area contributed by atoms with Crippen LogP contribution < -0.4 is 10.6 Å². The predicted octanol–water partition coefficient (Wildman–Crippen LogP) is 3.00. The topological polar surface area (TPSA) is 58.8 Å². The van der Waals surface area contributed by atoms with E-state index in [1.165, 1.54) is 6.07 Å². The Balaban J connectivity index is 1.73. The molecule has 1 aromatic carbocycles. The zero-order valence-electron chi connectivity index (χ0n) is 13.9. The first-order valence-corrected chi connectivity index (χ1v) is 8.01. The normalized spacial score (nSPS) is 19.8. The second kappa shape index (κ2) is 5.28. The van der Waals surface area contributed by atoms with Crippen molar-refractivity contribution in [1.82, 2.24) is 4.90 Å². The largest absolute Gasteiger partial charge is 0.444 e. The molecule has 0 atom stereocenters. The van der Waals surface area contributed by atoms with Crippen molar-refractivity contribution >= 4 is 17.5 Å². The summed E-state index contributed by atoms with van der Waals surface area (Å²) in [6.45, 7) is 7.56. The van der Waals surface area contributed by atoms with E-state index in [9.17, 15) is 9.18 Å². The van der Waals surface area contributed by atoms with Gasteiger partial charge in [0.05, 0.1) is 11.2 Å². The molecule has 2 fully saturated rings. The maximum atomic E-state index is 13.7. The molecule has 2 aliphatic rings. The maximum Gasteiger partial charge on any atom is 0.410 e. The van der Waals surface area contributed by atoms with E-state index in [1.54, 1.807) is 6.07 Å². The Morgan fingerprint density at radius 1 is 1.30 bits per heavy atom. The van der Waals surface area contributed by atoms with Crippen LogP contribution in [0.1, 0.15) is 33.6 Å². The Hall–Kier alpha value is -1.98. The SMILES string of the molecule is CC(C)(C)OC(=O)N1CCN(c2ccc(N)c(F)c2)CC12CC2. The minimum atomic E-state index is -0.496. The molecule has 0 radical (unpaired) electrons. The van der Waals surface area contributed by atoms with Gasteiger partial charge in [-0.1, -0.05) is 0 Å². The van der Waals surface area contributed by atoms with Gasteiger partial charge in [-0.15, -0.1) is 0 Å². The fourth-order valence-corrected chi connectivity index (χ4v) is 3.08. The fraction of sp³-hybridized carbons (Fsp3) is 0.588. The van der Waals surface area contributed by atoms with Crippen molar-refractivity contribution in [1.29, 1.82) is 0 Å². The van der Waals surface area contributed by atoms with Crippen LogP contribution in [0.2, 0.25) is 0 Å². The van der Waals surface area contributed by atoms with E-state index >= 15 is 0 Å². The lowest BCUT2D eigenvalue weighted by Gasteiger charge is -2.43. The summed E-state index contributed by atoms with van der Waals surface area (Å²) in [6, 6.07) is 4.89. The molecule has 1 spiro atoms. The van der Waals surface area contributed by atoms with Crippen molar-refractivity contribution in [2.24, 2.45) is 0 Å². The van der Waals surface area contributed by atoms with Crippen LogP contribution in [0.4, 0.5) is 20.6 Å². The number of carbonyl (C=O) groups excluding carboxylic acids is 1. The van der Waals surface area contributed by atoms with E-state index in [1.807, 2.05) is 31.7 Å². The molecule has 1 aliphatic carbocycles. The van der Waals surface area contributed by atoms with Gasteiger partial charge in [0.25, 0.3) is 0 Å². The van der Waals surface area contributed by atoms with Gasteiger partial charge in [0.2, 0.25) is 0 Å². The summed E-state index contributed by atoms with van der Waals surface area (Å²) < 4.78 is 19.2. The number of hydrogen-bond acceptors (Lipinski definition) is 4. The number of nitrogen functional groups attached to an aromatic ring is 1. The summed E-state index contributed by atoms with van der Waals surface area (Å²) in [5.41, 5.74) is 5.84. The molecule has 0 unspecified atom stereocenters. The molecular weight excluding hydrogens is 297 g/mol. The Morgan fingerprint density at radius 3 is 2.57 bits per heavy atom. The highest BCUT2D eigenvalue weighted by Crippen LogP contribution is 2.45. The predicted molar refractivity (Wildman–Crippen MR) is 87.9 cm³/mol. The molecule has 23 heavy (non-hydrogen) atoms. The summed E-state index contributed by atoms with van der Waals surface area (Å²) in [6.07, 6.45) is 1.67. The molecule has 126 valence electrons. The van der Waals surface area contributed by atoms with Crippen LogP contribution in [0.5, 0.6) is 0 Å². The molecule has 1 amide bonds. The summed E-state index contributed by atoms with van der Waals surface area (Å²) in [5, 5.41) is 0. The maximum absolute atomic E-state index is 13.7. The third kappa shape index (κ3) is 3.21. The molecule has 0 aromatic heterocycles. The van der Waals surface area contributed by atoms with Crippen molar-refractivity contribution in [3.8, 4) is 0 Å². The highest BCUT2D eigenvalue weighted by molar-refractivity contribution is 5.71. The summed E-state index contributed by atoms with van der Waals surface area (Å²) in [5.74, 6) is -0.401. The van der Waals surface area contributed by atoms with Gasteiger partial charge in [0.1, 0.15) is 11.4 Å². The van der Waals surface area contributed by atoms with Gasteiger partial charge in [-0.25, -0.2) is 9.18 Å². The van der Waals surface area contributed by atoms with Gasteiger partial charge in [-0.05, 0) is 51.8 Å². The van der Waals surface area contributed by atoms with Crippen LogP contribution in [-0.2, 0) is 4.74 Å². The van der Waals surface area contributed by atoms with Gasteiger partial charge in [-0.3, -0.25) is 4.90 Å². The lowest BCUT2D eigenvalue weighted by Crippen LogP contribution is -2.58. The van der Waals surface area contributed by atoms with E-state index < -0.39 is 11.4 Å². The van der Waals surface area contributed by atoms with Crippen molar-refractivity contribution in [3.63, 3.8) is 0 Å².